The molecule has 2 N–H and O–H groups in total. The topological polar surface area (TPSA) is 93.4 Å². The van der Waals surface area contributed by atoms with Gasteiger partial charge in [0.1, 0.15) is 12.4 Å². The molecule has 1 aliphatic heterocycles. The molecule has 0 saturated heterocycles. The molecule has 0 aliphatic carbocycles. The number of hydrogen-bond acceptors (Lipinski definition) is 4. The quantitative estimate of drug-likeness (QED) is 0.672. The van der Waals surface area contributed by atoms with E-state index in [2.05, 4.69) is 14.9 Å². The molecule has 29 heavy (non-hydrogen) atoms. The van der Waals surface area contributed by atoms with E-state index in [1.165, 1.54) is 12.1 Å². The average Bonchev–Trinajstić information content (AvgIpc) is 3.16. The molecular formula is C21H18ClN3O4. The fraction of sp³-hybridized carbons (Fsp3) is 0.190. The smallest absolute Gasteiger partial charge is 0.336 e. The number of carboxylic acids is 1. The fourth-order valence-corrected chi connectivity index (χ4v) is 3.45. The molecule has 0 spiro atoms. The fourth-order valence-electron chi connectivity index (χ4n) is 3.33. The molecule has 8 heteroatoms. The van der Waals surface area contributed by atoms with Gasteiger partial charge in [0.2, 0.25) is 0 Å². The van der Waals surface area contributed by atoms with Gasteiger partial charge in [-0.3, -0.25) is 4.79 Å². The molecule has 7 nitrogen and oxygen atoms in total. The van der Waals surface area contributed by atoms with E-state index in [1.807, 2.05) is 24.3 Å². The number of ether oxygens (including phenoxy) is 1. The lowest BCUT2D eigenvalue weighted by molar-refractivity contribution is 0.00374. The van der Waals surface area contributed by atoms with Crippen LogP contribution < -0.4 is 5.32 Å². The van der Waals surface area contributed by atoms with Crippen LogP contribution in [0.15, 0.2) is 54.7 Å². The summed E-state index contributed by atoms with van der Waals surface area (Å²) in [6.45, 7) is 1.11. The summed E-state index contributed by atoms with van der Waals surface area (Å²) >= 11 is 5.97. The number of aromatic carboxylic acids is 1. The molecule has 1 amide bonds. The first kappa shape index (κ1) is 19.2. The minimum atomic E-state index is -1.14. The Morgan fingerprint density at radius 1 is 1.17 bits per heavy atom. The van der Waals surface area contributed by atoms with Crippen molar-refractivity contribution >= 4 is 23.5 Å². The van der Waals surface area contributed by atoms with Crippen LogP contribution in [0.4, 0.5) is 0 Å². The Bertz CT molecular complexity index is 1060. The van der Waals surface area contributed by atoms with Crippen molar-refractivity contribution in [3.8, 4) is 11.3 Å². The van der Waals surface area contributed by atoms with E-state index in [-0.39, 0.29) is 23.8 Å². The molecule has 0 bridgehead atoms. The molecule has 148 valence electrons. The largest absolute Gasteiger partial charge is 0.478 e. The van der Waals surface area contributed by atoms with E-state index in [4.69, 9.17) is 16.3 Å². The summed E-state index contributed by atoms with van der Waals surface area (Å²) in [6, 6.07) is 13.6. The molecule has 2 aromatic carbocycles. The highest BCUT2D eigenvalue weighted by Gasteiger charge is 2.24. The van der Waals surface area contributed by atoms with Crippen LogP contribution in [0.3, 0.4) is 0 Å². The van der Waals surface area contributed by atoms with Crippen LogP contribution in [-0.2, 0) is 17.9 Å². The van der Waals surface area contributed by atoms with Crippen LogP contribution >= 0.6 is 11.6 Å². The maximum Gasteiger partial charge on any atom is 0.336 e. The first-order chi connectivity index (χ1) is 14.0. The number of carbonyl (C=O) groups is 2. The van der Waals surface area contributed by atoms with Gasteiger partial charge in [-0.2, -0.15) is 0 Å². The van der Waals surface area contributed by atoms with Gasteiger partial charge in [-0.1, -0.05) is 35.9 Å². The maximum atomic E-state index is 12.5. The van der Waals surface area contributed by atoms with Crippen LogP contribution in [0.1, 0.15) is 26.5 Å². The van der Waals surface area contributed by atoms with Gasteiger partial charge in [0.05, 0.1) is 35.7 Å². The minimum absolute atomic E-state index is 0.0310. The number of fused-ring (bicyclic) bond motifs is 1. The van der Waals surface area contributed by atoms with Gasteiger partial charge in [-0.15, -0.1) is 0 Å². The van der Waals surface area contributed by atoms with Crippen molar-refractivity contribution in [3.63, 3.8) is 0 Å². The molecule has 1 aliphatic rings. The summed E-state index contributed by atoms with van der Waals surface area (Å²) in [7, 11) is 0. The normalized spacial score (nSPS) is 15.6. The van der Waals surface area contributed by atoms with Crippen LogP contribution in [0.2, 0.25) is 5.02 Å². The number of benzene rings is 2. The highest BCUT2D eigenvalue weighted by Crippen LogP contribution is 2.26. The zero-order valence-electron chi connectivity index (χ0n) is 15.3. The number of hydrogen-bond donors (Lipinski definition) is 2. The summed E-state index contributed by atoms with van der Waals surface area (Å²) in [5, 5.41) is 12.7. The molecule has 0 fully saturated rings. The lowest BCUT2D eigenvalue weighted by atomic mass is 10.1. The zero-order valence-corrected chi connectivity index (χ0v) is 16.1. The second-order valence-electron chi connectivity index (χ2n) is 6.67. The molecular weight excluding hydrogens is 394 g/mol. The number of nitrogens with one attached hydrogen (secondary N) is 1. The second kappa shape index (κ2) is 8.06. The van der Waals surface area contributed by atoms with E-state index in [1.54, 1.807) is 18.3 Å². The van der Waals surface area contributed by atoms with Gasteiger partial charge in [-0.05, 0) is 29.8 Å². The summed E-state index contributed by atoms with van der Waals surface area (Å²) in [6.07, 6.45) is 1.54. The average molecular weight is 412 g/mol. The first-order valence-electron chi connectivity index (χ1n) is 9.05. The summed E-state index contributed by atoms with van der Waals surface area (Å²) in [5.74, 6) is -0.768. The van der Waals surface area contributed by atoms with Gasteiger partial charge >= 0.3 is 5.97 Å². The molecule has 3 aromatic rings. The number of imidazole rings is 1. The van der Waals surface area contributed by atoms with E-state index >= 15 is 0 Å². The standard InChI is InChI=1S/C21H18ClN3O4/c22-14-7-5-13(6-8-14)18-10-23-19-12-29-15(11-25(18)19)9-24-20(26)16-3-1-2-4-17(16)21(27)28/h1-8,10,15H,9,11-12H2,(H,24,26)(H,27,28)/t15-/m0/s1. The van der Waals surface area contributed by atoms with E-state index in [0.717, 1.165) is 17.1 Å². The predicted octanol–water partition coefficient (Wildman–Crippen LogP) is 3.23. The van der Waals surface area contributed by atoms with Gasteiger partial charge in [0.15, 0.2) is 0 Å². The Kier molecular flexibility index (Phi) is 5.33. The number of carboxylic acid groups (broad SMARTS) is 1. The Labute approximate surface area is 171 Å². The highest BCUT2D eigenvalue weighted by molar-refractivity contribution is 6.30. The monoisotopic (exact) mass is 411 g/mol. The van der Waals surface area contributed by atoms with E-state index < -0.39 is 11.9 Å². The second-order valence-corrected chi connectivity index (χ2v) is 7.11. The summed E-state index contributed by atoms with van der Waals surface area (Å²) in [4.78, 5) is 28.2. The molecule has 2 heterocycles. The number of carbonyl (C=O) groups excluding carboxylic acids is 1. The van der Waals surface area contributed by atoms with Crippen LogP contribution in [0, 0.1) is 0 Å². The molecule has 0 unspecified atom stereocenters. The maximum absolute atomic E-state index is 12.5. The number of amides is 1. The van der Waals surface area contributed by atoms with Crippen molar-refractivity contribution in [2.75, 3.05) is 6.54 Å². The summed E-state index contributed by atoms with van der Waals surface area (Å²) < 4.78 is 7.87. The third-order valence-electron chi connectivity index (χ3n) is 4.80. The Hall–Kier alpha value is -3.16. The number of halogens is 1. The van der Waals surface area contributed by atoms with Crippen molar-refractivity contribution in [3.05, 3.63) is 76.7 Å². The van der Waals surface area contributed by atoms with Gasteiger partial charge in [0, 0.05) is 11.6 Å². The number of nitrogens with zero attached hydrogens (tertiary/aromatic N) is 2. The Morgan fingerprint density at radius 2 is 1.90 bits per heavy atom. The molecule has 1 atom stereocenters. The van der Waals surface area contributed by atoms with Crippen molar-refractivity contribution in [1.29, 1.82) is 0 Å². The van der Waals surface area contributed by atoms with Crippen molar-refractivity contribution < 1.29 is 19.4 Å². The number of aromatic nitrogens is 2. The van der Waals surface area contributed by atoms with Gasteiger partial charge in [-0.25, -0.2) is 9.78 Å². The van der Waals surface area contributed by atoms with Gasteiger partial charge in [0.25, 0.3) is 5.91 Å². The third kappa shape index (κ3) is 4.01. The number of rotatable bonds is 5. The van der Waals surface area contributed by atoms with Crippen LogP contribution in [0.5, 0.6) is 0 Å². The zero-order chi connectivity index (χ0) is 20.4. The first-order valence-corrected chi connectivity index (χ1v) is 9.43. The van der Waals surface area contributed by atoms with Gasteiger partial charge < -0.3 is 19.7 Å². The Morgan fingerprint density at radius 3 is 2.62 bits per heavy atom. The van der Waals surface area contributed by atoms with Crippen molar-refractivity contribution in [1.82, 2.24) is 14.9 Å². The summed E-state index contributed by atoms with van der Waals surface area (Å²) in [5.41, 5.74) is 2.04. The van der Waals surface area contributed by atoms with E-state index in [0.29, 0.717) is 18.2 Å². The van der Waals surface area contributed by atoms with Crippen LogP contribution in [-0.4, -0.2) is 39.2 Å². The lowest BCUT2D eigenvalue weighted by Crippen LogP contribution is -2.39. The Balaban J connectivity index is 1.46. The molecule has 0 radical (unpaired) electrons. The van der Waals surface area contributed by atoms with Crippen molar-refractivity contribution in [2.24, 2.45) is 0 Å². The minimum Gasteiger partial charge on any atom is -0.478 e. The van der Waals surface area contributed by atoms with Crippen LogP contribution in [0.25, 0.3) is 11.3 Å². The highest BCUT2D eigenvalue weighted by atomic mass is 35.5. The van der Waals surface area contributed by atoms with E-state index in [9.17, 15) is 14.7 Å². The SMILES string of the molecule is O=C(O)c1ccccc1C(=O)NC[C@H]1Cn2c(-c3ccc(Cl)cc3)cnc2CO1. The lowest BCUT2D eigenvalue weighted by Gasteiger charge is -2.26. The van der Waals surface area contributed by atoms with Crippen molar-refractivity contribution in [2.45, 2.75) is 19.3 Å². The third-order valence-corrected chi connectivity index (χ3v) is 5.06. The molecule has 1 aromatic heterocycles. The predicted molar refractivity (Wildman–Crippen MR) is 107 cm³/mol. The molecule has 0 saturated carbocycles. The molecule has 4 rings (SSSR count).